The van der Waals surface area contributed by atoms with Gasteiger partial charge in [-0.3, -0.25) is 0 Å². The van der Waals surface area contributed by atoms with Crippen LogP contribution in [0.2, 0.25) is 5.02 Å². The molecule has 23 heavy (non-hydrogen) atoms. The van der Waals surface area contributed by atoms with Gasteiger partial charge >= 0.3 is 0 Å². The highest BCUT2D eigenvalue weighted by atomic mass is 35.5. The van der Waals surface area contributed by atoms with Gasteiger partial charge in [0.15, 0.2) is 0 Å². The second kappa shape index (κ2) is 6.32. The molecule has 1 aromatic heterocycles. The highest BCUT2D eigenvalue weighted by Crippen LogP contribution is 2.21. The summed E-state index contributed by atoms with van der Waals surface area (Å²) < 4.78 is 29.4. The molecule has 1 aromatic carbocycles. The molecule has 0 saturated heterocycles. The molecule has 120 valence electrons. The van der Waals surface area contributed by atoms with Crippen LogP contribution in [0.4, 0.5) is 0 Å². The normalized spacial score (nSPS) is 17.5. The molecule has 1 aliphatic rings. The predicted molar refractivity (Wildman–Crippen MR) is 85.4 cm³/mol. The number of nitriles is 1. The van der Waals surface area contributed by atoms with E-state index in [1.807, 2.05) is 12.3 Å². The van der Waals surface area contributed by atoms with E-state index in [2.05, 4.69) is 14.3 Å². The Labute approximate surface area is 139 Å². The van der Waals surface area contributed by atoms with Gasteiger partial charge in [-0.15, -0.1) is 0 Å². The molecule has 0 radical (unpaired) electrons. The van der Waals surface area contributed by atoms with Crippen molar-refractivity contribution < 1.29 is 8.42 Å². The quantitative estimate of drug-likeness (QED) is 0.912. The topological polar surface area (TPSA) is 87.8 Å². The molecular weight excluding hydrogens is 336 g/mol. The molecular formula is C15H15ClN4O2S. The molecule has 0 amide bonds. The maximum absolute atomic E-state index is 12.4. The van der Waals surface area contributed by atoms with Crippen molar-refractivity contribution in [3.05, 3.63) is 47.0 Å². The van der Waals surface area contributed by atoms with Crippen molar-refractivity contribution in [1.29, 1.82) is 5.26 Å². The Bertz CT molecular complexity index is 870. The Kier molecular flexibility index (Phi) is 4.39. The molecule has 3 rings (SSSR count). The van der Waals surface area contributed by atoms with Crippen molar-refractivity contribution in [1.82, 2.24) is 14.3 Å². The van der Waals surface area contributed by atoms with Gasteiger partial charge in [0, 0.05) is 31.9 Å². The van der Waals surface area contributed by atoms with E-state index < -0.39 is 10.0 Å². The standard InChI is InChI=1S/C15H15ClN4O2S/c16-14-2-1-13(8-12(14)9-17)23(21,22)19-10-11-3-5-20-6-4-18-15(20)7-11/h1-2,4,6,8,11,19H,3,5,7,10H2/t11-/m0/s1. The first-order valence-corrected chi connectivity index (χ1v) is 9.05. The fraction of sp³-hybridized carbons (Fsp3) is 0.333. The molecule has 0 aliphatic carbocycles. The van der Waals surface area contributed by atoms with Gasteiger partial charge in [-0.05, 0) is 30.5 Å². The number of nitrogens with zero attached hydrogens (tertiary/aromatic N) is 3. The van der Waals surface area contributed by atoms with Crippen LogP contribution >= 0.6 is 11.6 Å². The zero-order valence-corrected chi connectivity index (χ0v) is 13.8. The van der Waals surface area contributed by atoms with E-state index in [4.69, 9.17) is 16.9 Å². The first-order valence-electron chi connectivity index (χ1n) is 7.19. The Morgan fingerprint density at radius 2 is 2.30 bits per heavy atom. The summed E-state index contributed by atoms with van der Waals surface area (Å²) in [5, 5.41) is 9.20. The summed E-state index contributed by atoms with van der Waals surface area (Å²) in [6.45, 7) is 1.20. The number of nitrogens with one attached hydrogen (secondary N) is 1. The molecule has 0 unspecified atom stereocenters. The van der Waals surface area contributed by atoms with Crippen LogP contribution in [0.25, 0.3) is 0 Å². The summed E-state index contributed by atoms with van der Waals surface area (Å²) in [7, 11) is -3.66. The van der Waals surface area contributed by atoms with E-state index in [1.165, 1.54) is 18.2 Å². The number of aromatic nitrogens is 2. The third-order valence-electron chi connectivity index (χ3n) is 3.98. The molecule has 2 aromatic rings. The smallest absolute Gasteiger partial charge is 0.240 e. The summed E-state index contributed by atoms with van der Waals surface area (Å²) in [6, 6.07) is 6.00. The summed E-state index contributed by atoms with van der Waals surface area (Å²) in [6.07, 6.45) is 5.35. The molecule has 0 saturated carbocycles. The zero-order chi connectivity index (χ0) is 16.4. The first kappa shape index (κ1) is 16.0. The average molecular weight is 351 g/mol. The number of hydrogen-bond donors (Lipinski definition) is 1. The monoisotopic (exact) mass is 350 g/mol. The number of benzene rings is 1. The van der Waals surface area contributed by atoms with Gasteiger partial charge < -0.3 is 4.57 Å². The lowest BCUT2D eigenvalue weighted by atomic mass is 9.98. The largest absolute Gasteiger partial charge is 0.335 e. The molecule has 1 N–H and O–H groups in total. The summed E-state index contributed by atoms with van der Waals surface area (Å²) >= 11 is 5.84. The Morgan fingerprint density at radius 3 is 3.09 bits per heavy atom. The van der Waals surface area contributed by atoms with E-state index in [1.54, 1.807) is 6.20 Å². The van der Waals surface area contributed by atoms with Gasteiger partial charge in [-0.1, -0.05) is 11.6 Å². The van der Waals surface area contributed by atoms with E-state index in [-0.39, 0.29) is 21.4 Å². The second-order valence-electron chi connectivity index (χ2n) is 5.50. The molecule has 6 nitrogen and oxygen atoms in total. The number of hydrogen-bond acceptors (Lipinski definition) is 4. The number of rotatable bonds is 4. The number of aryl methyl sites for hydroxylation is 1. The minimum absolute atomic E-state index is 0.0516. The summed E-state index contributed by atoms with van der Waals surface area (Å²) in [5.41, 5.74) is 0.147. The number of halogens is 1. The van der Waals surface area contributed by atoms with Crippen molar-refractivity contribution in [3.63, 3.8) is 0 Å². The molecule has 1 aliphatic heterocycles. The van der Waals surface area contributed by atoms with Crippen LogP contribution in [0.15, 0.2) is 35.5 Å². The molecule has 8 heteroatoms. The van der Waals surface area contributed by atoms with Crippen LogP contribution in [0.5, 0.6) is 0 Å². The second-order valence-corrected chi connectivity index (χ2v) is 7.68. The minimum atomic E-state index is -3.66. The van der Waals surface area contributed by atoms with Crippen molar-refractivity contribution in [3.8, 4) is 6.07 Å². The average Bonchev–Trinajstić information content (AvgIpc) is 3.01. The maximum Gasteiger partial charge on any atom is 0.240 e. The third kappa shape index (κ3) is 3.39. The highest BCUT2D eigenvalue weighted by Gasteiger charge is 2.22. The Balaban J connectivity index is 1.69. The zero-order valence-electron chi connectivity index (χ0n) is 12.2. The van der Waals surface area contributed by atoms with Crippen LogP contribution in [0.1, 0.15) is 17.8 Å². The van der Waals surface area contributed by atoms with Crippen LogP contribution in [-0.2, 0) is 23.0 Å². The third-order valence-corrected chi connectivity index (χ3v) is 5.73. The minimum Gasteiger partial charge on any atom is -0.335 e. The Hall–Kier alpha value is -1.88. The maximum atomic E-state index is 12.4. The van der Waals surface area contributed by atoms with E-state index in [0.29, 0.717) is 6.54 Å². The van der Waals surface area contributed by atoms with Crippen LogP contribution in [-0.4, -0.2) is 24.5 Å². The summed E-state index contributed by atoms with van der Waals surface area (Å²) in [4.78, 5) is 4.33. The lowest BCUT2D eigenvalue weighted by Gasteiger charge is -2.23. The van der Waals surface area contributed by atoms with Crippen LogP contribution in [0.3, 0.4) is 0 Å². The fourth-order valence-electron chi connectivity index (χ4n) is 2.66. The van der Waals surface area contributed by atoms with Crippen molar-refractivity contribution in [2.75, 3.05) is 6.54 Å². The highest BCUT2D eigenvalue weighted by molar-refractivity contribution is 7.89. The van der Waals surface area contributed by atoms with E-state index in [9.17, 15) is 8.42 Å². The number of sulfonamides is 1. The van der Waals surface area contributed by atoms with Crippen molar-refractivity contribution >= 4 is 21.6 Å². The van der Waals surface area contributed by atoms with Crippen molar-refractivity contribution in [2.45, 2.75) is 24.3 Å². The number of fused-ring (bicyclic) bond motifs is 1. The molecule has 0 spiro atoms. The van der Waals surface area contributed by atoms with Crippen LogP contribution < -0.4 is 4.72 Å². The molecule has 1 atom stereocenters. The van der Waals surface area contributed by atoms with E-state index >= 15 is 0 Å². The van der Waals surface area contributed by atoms with Gasteiger partial charge in [0.1, 0.15) is 11.9 Å². The summed E-state index contributed by atoms with van der Waals surface area (Å²) in [5.74, 6) is 1.20. The van der Waals surface area contributed by atoms with Gasteiger partial charge in [-0.25, -0.2) is 18.1 Å². The molecule has 0 fully saturated rings. The number of imidazole rings is 1. The molecule has 2 heterocycles. The van der Waals surface area contributed by atoms with E-state index in [0.717, 1.165) is 25.2 Å². The Morgan fingerprint density at radius 1 is 1.48 bits per heavy atom. The lowest BCUT2D eigenvalue weighted by Crippen LogP contribution is -2.33. The predicted octanol–water partition coefficient (Wildman–Crippen LogP) is 1.95. The van der Waals surface area contributed by atoms with Crippen molar-refractivity contribution in [2.24, 2.45) is 5.92 Å². The van der Waals surface area contributed by atoms with Crippen LogP contribution in [0, 0.1) is 17.2 Å². The molecule has 0 bridgehead atoms. The van der Waals surface area contributed by atoms with Gasteiger partial charge in [-0.2, -0.15) is 5.26 Å². The fourth-order valence-corrected chi connectivity index (χ4v) is 3.96. The van der Waals surface area contributed by atoms with Gasteiger partial charge in [0.05, 0.1) is 15.5 Å². The SMILES string of the molecule is N#Cc1cc(S(=O)(=O)NC[C@H]2CCn3ccnc3C2)ccc1Cl. The van der Waals surface area contributed by atoms with Gasteiger partial charge in [0.2, 0.25) is 10.0 Å². The van der Waals surface area contributed by atoms with Gasteiger partial charge in [0.25, 0.3) is 0 Å². The first-order chi connectivity index (χ1) is 11.0. The lowest BCUT2D eigenvalue weighted by molar-refractivity contribution is 0.379.